The van der Waals surface area contributed by atoms with E-state index in [0.29, 0.717) is 21.9 Å². The number of hydrogen-bond donors (Lipinski definition) is 1. The first-order chi connectivity index (χ1) is 16.9. The van der Waals surface area contributed by atoms with E-state index in [9.17, 15) is 18.4 Å². The number of fused-ring (bicyclic) bond motifs is 1. The van der Waals surface area contributed by atoms with Gasteiger partial charge in [0.15, 0.2) is 11.6 Å². The molecule has 0 fully saturated rings. The maximum absolute atomic E-state index is 14.0. The first kappa shape index (κ1) is 24.3. The van der Waals surface area contributed by atoms with E-state index in [1.165, 1.54) is 30.8 Å². The molecule has 2 aromatic carbocycles. The van der Waals surface area contributed by atoms with Crippen LogP contribution in [0.5, 0.6) is 5.75 Å². The highest BCUT2D eigenvalue weighted by molar-refractivity contribution is 7.09. The average Bonchev–Trinajstić information content (AvgIpc) is 3.53. The highest BCUT2D eigenvalue weighted by Crippen LogP contribution is 2.33. The number of hydrogen-bond acceptors (Lipinski definition) is 7. The summed E-state index contributed by atoms with van der Waals surface area (Å²) in [6.07, 6.45) is 1.31. The van der Waals surface area contributed by atoms with Gasteiger partial charge in [0.1, 0.15) is 35.2 Å². The second kappa shape index (κ2) is 10.6. The number of aromatic nitrogens is 1. The number of ether oxygens (including phenoxy) is 2. The maximum Gasteiger partial charge on any atom is 0.323 e. The normalized spacial score (nSPS) is 11.1. The van der Waals surface area contributed by atoms with Gasteiger partial charge >= 0.3 is 5.97 Å². The number of furan rings is 1. The van der Waals surface area contributed by atoms with Crippen molar-refractivity contribution >= 4 is 34.2 Å². The van der Waals surface area contributed by atoms with Gasteiger partial charge in [0.2, 0.25) is 0 Å². The molecule has 0 unspecified atom stereocenters. The Bertz CT molecular complexity index is 1350. The molecule has 2 aromatic heterocycles. The molecule has 0 bridgehead atoms. The molecular weight excluding hydrogens is 482 g/mol. The Morgan fingerprint density at radius 3 is 2.69 bits per heavy atom. The third-order valence-corrected chi connectivity index (χ3v) is 5.93. The Kier molecular flexibility index (Phi) is 7.37. The van der Waals surface area contributed by atoms with Gasteiger partial charge in [0.05, 0.1) is 18.3 Å². The number of rotatable bonds is 10. The summed E-state index contributed by atoms with van der Waals surface area (Å²) in [6.45, 7) is -0.0488. The monoisotopic (exact) mass is 502 g/mol. The van der Waals surface area contributed by atoms with Crippen LogP contribution in [0.1, 0.15) is 15.5 Å². The number of carbonyl (C=O) groups is 2. The first-order valence-electron chi connectivity index (χ1n) is 10.4. The van der Waals surface area contributed by atoms with E-state index in [-0.39, 0.29) is 36.4 Å². The van der Waals surface area contributed by atoms with Gasteiger partial charge in [-0.05, 0) is 29.8 Å². The third-order valence-electron chi connectivity index (χ3n) is 5.10. The van der Waals surface area contributed by atoms with Crippen molar-refractivity contribution in [2.45, 2.75) is 6.61 Å². The summed E-state index contributed by atoms with van der Waals surface area (Å²) < 4.78 is 43.9. The molecule has 0 saturated heterocycles. The maximum atomic E-state index is 14.0. The zero-order chi connectivity index (χ0) is 24.9. The van der Waals surface area contributed by atoms with Crippen LogP contribution >= 0.6 is 11.3 Å². The predicted molar refractivity (Wildman–Crippen MR) is 123 cm³/mol. The SMILES string of the molecule is COCCN(CC(=O)O)C(=O)c1csc(COc2ccc(-c3cc(F)c(F)c4ccoc34)cc2)n1. The lowest BCUT2D eigenvalue weighted by atomic mass is 10.0. The van der Waals surface area contributed by atoms with Crippen molar-refractivity contribution in [1.82, 2.24) is 9.88 Å². The molecule has 0 aliphatic heterocycles. The fourth-order valence-electron chi connectivity index (χ4n) is 3.42. The smallest absolute Gasteiger partial charge is 0.323 e. The second-order valence-electron chi connectivity index (χ2n) is 7.44. The molecule has 0 aliphatic rings. The number of carboxylic acids is 1. The van der Waals surface area contributed by atoms with E-state index in [2.05, 4.69) is 4.98 Å². The highest BCUT2D eigenvalue weighted by Gasteiger charge is 2.21. The van der Waals surface area contributed by atoms with Crippen molar-refractivity contribution in [3.8, 4) is 16.9 Å². The molecule has 0 saturated carbocycles. The first-order valence-corrected chi connectivity index (χ1v) is 11.3. The topological polar surface area (TPSA) is 102 Å². The zero-order valence-corrected chi connectivity index (χ0v) is 19.3. The van der Waals surface area contributed by atoms with Crippen LogP contribution in [0.3, 0.4) is 0 Å². The molecule has 1 N–H and O–H groups in total. The molecule has 0 radical (unpaired) electrons. The van der Waals surface area contributed by atoms with Gasteiger partial charge in [0.25, 0.3) is 5.91 Å². The quantitative estimate of drug-likeness (QED) is 0.339. The number of methoxy groups -OCH3 is 1. The predicted octanol–water partition coefficient (Wildman–Crippen LogP) is 4.59. The lowest BCUT2D eigenvalue weighted by Crippen LogP contribution is -2.38. The summed E-state index contributed by atoms with van der Waals surface area (Å²) in [5.74, 6) is -3.06. The Labute approximate surface area is 202 Å². The molecule has 0 spiro atoms. The van der Waals surface area contributed by atoms with Crippen LogP contribution in [0, 0.1) is 11.6 Å². The van der Waals surface area contributed by atoms with Crippen LogP contribution in [-0.2, 0) is 16.1 Å². The van der Waals surface area contributed by atoms with Crippen LogP contribution in [0.15, 0.2) is 52.5 Å². The highest BCUT2D eigenvalue weighted by atomic mass is 32.1. The molecule has 182 valence electrons. The molecule has 2 heterocycles. The fraction of sp³-hybridized carbons (Fsp3) is 0.208. The van der Waals surface area contributed by atoms with Crippen LogP contribution < -0.4 is 4.74 Å². The van der Waals surface area contributed by atoms with Crippen molar-refractivity contribution in [3.63, 3.8) is 0 Å². The number of thiazole rings is 1. The van der Waals surface area contributed by atoms with Crippen LogP contribution in [0.2, 0.25) is 0 Å². The minimum absolute atomic E-state index is 0.0681. The van der Waals surface area contributed by atoms with Gasteiger partial charge < -0.3 is 23.9 Å². The standard InChI is InChI=1S/C24H20F2N2O6S/c1-32-9-7-28(11-21(29)30)24(31)19-13-35-20(27-19)12-34-15-4-2-14(3-5-15)17-10-18(25)22(26)16-6-8-33-23(16)17/h2-6,8,10,13H,7,9,11-12H2,1H3,(H,29,30). The number of carboxylic acid groups (broad SMARTS) is 1. The van der Waals surface area contributed by atoms with E-state index in [1.807, 2.05) is 0 Å². The molecule has 11 heteroatoms. The van der Waals surface area contributed by atoms with Crippen molar-refractivity contribution in [2.75, 3.05) is 26.8 Å². The summed E-state index contributed by atoms with van der Waals surface area (Å²) in [4.78, 5) is 29.1. The Morgan fingerprint density at radius 1 is 1.20 bits per heavy atom. The summed E-state index contributed by atoms with van der Waals surface area (Å²) in [7, 11) is 1.46. The Morgan fingerprint density at radius 2 is 1.97 bits per heavy atom. The summed E-state index contributed by atoms with van der Waals surface area (Å²) in [6, 6.07) is 9.20. The molecule has 35 heavy (non-hydrogen) atoms. The Balaban J connectivity index is 1.42. The van der Waals surface area contributed by atoms with Gasteiger partial charge in [-0.25, -0.2) is 13.8 Å². The van der Waals surface area contributed by atoms with Gasteiger partial charge in [0, 0.05) is 24.6 Å². The summed E-state index contributed by atoms with van der Waals surface area (Å²) in [5.41, 5.74) is 1.41. The fourth-order valence-corrected chi connectivity index (χ4v) is 4.10. The Hall–Kier alpha value is -3.83. The van der Waals surface area contributed by atoms with Crippen LogP contribution in [0.25, 0.3) is 22.1 Å². The molecular formula is C24H20F2N2O6S. The summed E-state index contributed by atoms with van der Waals surface area (Å²) in [5, 5.41) is 11.2. The third kappa shape index (κ3) is 5.47. The van der Waals surface area contributed by atoms with Gasteiger partial charge in [-0.2, -0.15) is 0 Å². The number of carbonyl (C=O) groups excluding carboxylic acids is 1. The minimum atomic E-state index is -1.13. The van der Waals surface area contributed by atoms with E-state index >= 15 is 0 Å². The number of halogens is 2. The molecule has 4 aromatic rings. The van der Waals surface area contributed by atoms with Crippen molar-refractivity contribution in [1.29, 1.82) is 0 Å². The van der Waals surface area contributed by atoms with Crippen LogP contribution in [0.4, 0.5) is 8.78 Å². The molecule has 0 aliphatic carbocycles. The van der Waals surface area contributed by atoms with Crippen LogP contribution in [-0.4, -0.2) is 53.7 Å². The zero-order valence-electron chi connectivity index (χ0n) is 18.5. The van der Waals surface area contributed by atoms with Gasteiger partial charge in [-0.15, -0.1) is 11.3 Å². The summed E-state index contributed by atoms with van der Waals surface area (Å²) >= 11 is 1.21. The van der Waals surface area contributed by atoms with Gasteiger partial charge in [-0.1, -0.05) is 12.1 Å². The second-order valence-corrected chi connectivity index (χ2v) is 8.38. The number of aliphatic carboxylic acids is 1. The molecule has 0 atom stereocenters. The van der Waals surface area contributed by atoms with Crippen molar-refractivity contribution in [3.05, 3.63) is 70.4 Å². The largest absolute Gasteiger partial charge is 0.486 e. The van der Waals surface area contributed by atoms with E-state index in [1.54, 1.807) is 29.6 Å². The number of nitrogens with zero attached hydrogens (tertiary/aromatic N) is 2. The van der Waals surface area contributed by atoms with E-state index < -0.39 is 30.1 Å². The lowest BCUT2D eigenvalue weighted by Gasteiger charge is -2.18. The number of amides is 1. The number of benzene rings is 2. The molecule has 4 rings (SSSR count). The molecule has 1 amide bonds. The van der Waals surface area contributed by atoms with Crippen molar-refractivity contribution in [2.24, 2.45) is 0 Å². The van der Waals surface area contributed by atoms with Crippen molar-refractivity contribution < 1.29 is 37.4 Å². The van der Waals surface area contributed by atoms with Gasteiger partial charge in [-0.3, -0.25) is 9.59 Å². The lowest BCUT2D eigenvalue weighted by molar-refractivity contribution is -0.137. The van der Waals surface area contributed by atoms with E-state index in [0.717, 1.165) is 11.0 Å². The molecule has 8 nitrogen and oxygen atoms in total. The van der Waals surface area contributed by atoms with E-state index in [4.69, 9.17) is 19.0 Å². The average molecular weight is 502 g/mol. The minimum Gasteiger partial charge on any atom is -0.486 e.